The lowest BCUT2D eigenvalue weighted by molar-refractivity contribution is -0.309. The number of carboxylic acids is 1. The van der Waals surface area contributed by atoms with E-state index >= 15 is 0 Å². The molecule has 2 aromatic heterocycles. The molecule has 0 saturated heterocycles. The smallest absolute Gasteiger partial charge is 0.230 e. The Morgan fingerprint density at radius 1 is 1.19 bits per heavy atom. The molecule has 2 heterocycles. The summed E-state index contributed by atoms with van der Waals surface area (Å²) < 4.78 is 0. The number of para-hydroxylation sites is 1. The zero-order chi connectivity index (χ0) is 19.4. The van der Waals surface area contributed by atoms with E-state index in [4.69, 9.17) is 0 Å². The van der Waals surface area contributed by atoms with Gasteiger partial charge in [0.2, 0.25) is 5.91 Å². The van der Waals surface area contributed by atoms with E-state index < -0.39 is 12.0 Å². The topological polar surface area (TPSA) is 95.0 Å². The maximum absolute atomic E-state index is 12.2. The van der Waals surface area contributed by atoms with Crippen LogP contribution in [0.25, 0.3) is 21.6 Å². The second-order valence-electron chi connectivity index (χ2n) is 6.24. The van der Waals surface area contributed by atoms with Crippen molar-refractivity contribution in [3.63, 3.8) is 0 Å². The highest BCUT2D eigenvalue weighted by Crippen LogP contribution is 2.29. The van der Waals surface area contributed by atoms with Crippen LogP contribution in [0.2, 0.25) is 0 Å². The van der Waals surface area contributed by atoms with Gasteiger partial charge in [-0.15, -0.1) is 11.3 Å². The Labute approximate surface area is 165 Å². The molecule has 1 atom stereocenters. The number of hydrogen-bond donors (Lipinski definition) is 1. The molecule has 0 aliphatic rings. The summed E-state index contributed by atoms with van der Waals surface area (Å²) in [5.74, 6) is -1.24. The van der Waals surface area contributed by atoms with Crippen LogP contribution in [0.15, 0.2) is 46.8 Å². The van der Waals surface area contributed by atoms with Crippen LogP contribution in [0.4, 0.5) is 0 Å². The second kappa shape index (κ2) is 8.49. The fraction of sp³-hybridized carbons (Fsp3) is 0.263. The minimum atomic E-state index is -1.28. The summed E-state index contributed by atoms with van der Waals surface area (Å²) in [6.45, 7) is 3.44. The van der Waals surface area contributed by atoms with Crippen LogP contribution in [-0.2, 0) is 9.59 Å². The lowest BCUT2D eigenvalue weighted by Crippen LogP contribution is -2.51. The highest BCUT2D eigenvalue weighted by atomic mass is 32.2. The van der Waals surface area contributed by atoms with Crippen molar-refractivity contribution in [2.24, 2.45) is 5.92 Å². The monoisotopic (exact) mass is 400 g/mol. The van der Waals surface area contributed by atoms with Gasteiger partial charge in [-0.05, 0) is 23.4 Å². The quantitative estimate of drug-likeness (QED) is 0.483. The molecule has 0 saturated carbocycles. The van der Waals surface area contributed by atoms with Crippen LogP contribution in [-0.4, -0.2) is 33.6 Å². The predicted molar refractivity (Wildman–Crippen MR) is 105 cm³/mol. The van der Waals surface area contributed by atoms with E-state index in [1.54, 1.807) is 25.2 Å². The minimum absolute atomic E-state index is 0.0569. The van der Waals surface area contributed by atoms with Crippen molar-refractivity contribution in [2.75, 3.05) is 5.75 Å². The van der Waals surface area contributed by atoms with Crippen molar-refractivity contribution >= 4 is 45.9 Å². The van der Waals surface area contributed by atoms with Crippen LogP contribution in [0.5, 0.6) is 0 Å². The Balaban J connectivity index is 1.82. The van der Waals surface area contributed by atoms with Crippen LogP contribution in [0.1, 0.15) is 13.8 Å². The fourth-order valence-electron chi connectivity index (χ4n) is 2.52. The van der Waals surface area contributed by atoms with Gasteiger partial charge in [-0.1, -0.05) is 49.9 Å². The van der Waals surface area contributed by atoms with Crippen LogP contribution >= 0.6 is 23.1 Å². The van der Waals surface area contributed by atoms with Gasteiger partial charge in [0.25, 0.3) is 0 Å². The number of carbonyl (C=O) groups excluding carboxylic acids is 2. The maximum Gasteiger partial charge on any atom is 0.230 e. The van der Waals surface area contributed by atoms with Gasteiger partial charge >= 0.3 is 0 Å². The summed E-state index contributed by atoms with van der Waals surface area (Å²) >= 11 is 2.81. The van der Waals surface area contributed by atoms with Crippen molar-refractivity contribution in [2.45, 2.75) is 24.9 Å². The summed E-state index contributed by atoms with van der Waals surface area (Å²) in [4.78, 5) is 33.5. The number of aliphatic carboxylic acids is 1. The Kier molecular flexibility index (Phi) is 6.08. The third kappa shape index (κ3) is 4.64. The number of hydrogen-bond acceptors (Lipinski definition) is 7. The van der Waals surface area contributed by atoms with E-state index in [9.17, 15) is 14.7 Å². The van der Waals surface area contributed by atoms with Gasteiger partial charge in [-0.2, -0.15) is 0 Å². The first-order valence-corrected chi connectivity index (χ1v) is 10.3. The molecule has 0 spiro atoms. The number of rotatable bonds is 7. The Hall–Kier alpha value is -2.45. The zero-order valence-corrected chi connectivity index (χ0v) is 16.5. The van der Waals surface area contributed by atoms with E-state index in [-0.39, 0.29) is 17.6 Å². The number of amides is 1. The molecule has 1 aromatic carbocycles. The standard InChI is InChI=1S/C19H19N3O3S2/c1-11(2)16(19(24)25)21-15(23)10-27-18-12-6-3-4-7-13(12)20-17(22-18)14-8-5-9-26-14/h3-9,11,16H,10H2,1-2H3,(H,21,23)(H,24,25)/p-1/t16-/m0/s1. The number of benzene rings is 1. The summed E-state index contributed by atoms with van der Waals surface area (Å²) in [6, 6.07) is 10.5. The molecule has 0 fully saturated rings. The van der Waals surface area contributed by atoms with Crippen LogP contribution in [0.3, 0.4) is 0 Å². The van der Waals surface area contributed by atoms with E-state index in [2.05, 4.69) is 15.3 Å². The largest absolute Gasteiger partial charge is 0.548 e. The maximum atomic E-state index is 12.2. The normalized spacial score (nSPS) is 12.3. The highest BCUT2D eigenvalue weighted by Gasteiger charge is 2.18. The van der Waals surface area contributed by atoms with E-state index in [0.29, 0.717) is 10.9 Å². The molecule has 0 radical (unpaired) electrons. The van der Waals surface area contributed by atoms with Gasteiger partial charge < -0.3 is 15.2 Å². The number of thiophene rings is 1. The number of aromatic nitrogens is 2. The summed E-state index contributed by atoms with van der Waals surface area (Å²) in [6.07, 6.45) is 0. The van der Waals surface area contributed by atoms with Gasteiger partial charge in [0.15, 0.2) is 5.82 Å². The van der Waals surface area contributed by atoms with Crippen molar-refractivity contribution in [1.29, 1.82) is 0 Å². The first kappa shape index (κ1) is 19.3. The van der Waals surface area contributed by atoms with Crippen molar-refractivity contribution in [3.05, 3.63) is 41.8 Å². The lowest BCUT2D eigenvalue weighted by Gasteiger charge is -2.23. The molecular formula is C19H18N3O3S2-. The number of fused-ring (bicyclic) bond motifs is 1. The molecular weight excluding hydrogens is 382 g/mol. The third-order valence-corrected chi connectivity index (χ3v) is 5.74. The second-order valence-corrected chi connectivity index (χ2v) is 8.16. The van der Waals surface area contributed by atoms with Gasteiger partial charge in [0, 0.05) is 5.39 Å². The van der Waals surface area contributed by atoms with E-state index in [1.165, 1.54) is 11.8 Å². The first-order chi connectivity index (χ1) is 13.0. The number of carboxylic acid groups (broad SMARTS) is 1. The molecule has 0 bridgehead atoms. The summed E-state index contributed by atoms with van der Waals surface area (Å²) in [5, 5.41) is 17.2. The summed E-state index contributed by atoms with van der Waals surface area (Å²) in [5.41, 5.74) is 0.800. The first-order valence-electron chi connectivity index (χ1n) is 8.39. The van der Waals surface area contributed by atoms with Crippen LogP contribution < -0.4 is 10.4 Å². The minimum Gasteiger partial charge on any atom is -0.548 e. The third-order valence-electron chi connectivity index (χ3n) is 3.89. The Bertz CT molecular complexity index is 958. The highest BCUT2D eigenvalue weighted by molar-refractivity contribution is 8.00. The Morgan fingerprint density at radius 2 is 1.96 bits per heavy atom. The molecule has 3 rings (SSSR count). The lowest BCUT2D eigenvalue weighted by atomic mass is 10.1. The molecule has 140 valence electrons. The van der Waals surface area contributed by atoms with Crippen LogP contribution in [0, 0.1) is 5.92 Å². The Morgan fingerprint density at radius 3 is 2.63 bits per heavy atom. The fourth-order valence-corrected chi connectivity index (χ4v) is 4.01. The average Bonchev–Trinajstić information content (AvgIpc) is 3.18. The number of thioether (sulfide) groups is 1. The number of nitrogens with zero attached hydrogens (tertiary/aromatic N) is 2. The van der Waals surface area contributed by atoms with Crippen molar-refractivity contribution in [1.82, 2.24) is 15.3 Å². The van der Waals surface area contributed by atoms with Crippen molar-refractivity contribution in [3.8, 4) is 10.7 Å². The molecule has 6 nitrogen and oxygen atoms in total. The molecule has 8 heteroatoms. The number of nitrogens with one attached hydrogen (secondary N) is 1. The molecule has 1 amide bonds. The SMILES string of the molecule is CC(C)[C@H](NC(=O)CSc1nc(-c2cccs2)nc2ccccc12)C(=O)[O-]. The molecule has 27 heavy (non-hydrogen) atoms. The van der Waals surface area contributed by atoms with Gasteiger partial charge in [-0.25, -0.2) is 9.97 Å². The van der Waals surface area contributed by atoms with Crippen molar-refractivity contribution < 1.29 is 14.7 Å². The van der Waals surface area contributed by atoms with Gasteiger partial charge in [-0.3, -0.25) is 4.79 Å². The molecule has 0 aliphatic carbocycles. The molecule has 0 aliphatic heterocycles. The average molecular weight is 401 g/mol. The molecule has 3 aromatic rings. The van der Waals surface area contributed by atoms with Gasteiger partial charge in [0.05, 0.1) is 28.2 Å². The predicted octanol–water partition coefficient (Wildman–Crippen LogP) is 2.34. The van der Waals surface area contributed by atoms with E-state index in [0.717, 1.165) is 15.8 Å². The molecule has 0 unspecified atom stereocenters. The zero-order valence-electron chi connectivity index (χ0n) is 14.8. The van der Waals surface area contributed by atoms with Gasteiger partial charge in [0.1, 0.15) is 5.03 Å². The number of carbonyl (C=O) groups is 2. The van der Waals surface area contributed by atoms with E-state index in [1.807, 2.05) is 41.8 Å². The molecule has 1 N–H and O–H groups in total. The summed E-state index contributed by atoms with van der Waals surface area (Å²) in [7, 11) is 0.